The summed E-state index contributed by atoms with van der Waals surface area (Å²) in [5.74, 6) is 0.800. The van der Waals surface area contributed by atoms with Gasteiger partial charge in [-0.15, -0.1) is 0 Å². The minimum absolute atomic E-state index is 0.800. The molecular formula is C9H12N2O. The largest absolute Gasteiger partial charge is 0.497 e. The first-order valence-corrected chi connectivity index (χ1v) is 3.63. The maximum absolute atomic E-state index is 5.05. The zero-order chi connectivity index (χ0) is 8.97. The molecule has 0 aliphatic carbocycles. The Morgan fingerprint density at radius 2 is 2.42 bits per heavy atom. The van der Waals surface area contributed by atoms with Crippen LogP contribution in [-0.4, -0.2) is 18.7 Å². The van der Waals surface area contributed by atoms with Crippen molar-refractivity contribution in [3.8, 4) is 5.75 Å². The molecule has 0 radical (unpaired) electrons. The standard InChI is InChI=1S/C9H12N2O/c1-4-11-6-5-8(12-3)7-9(11)10-2/h4-7H,1H2,2-3H3. The highest BCUT2D eigenvalue weighted by atomic mass is 16.5. The maximum Gasteiger partial charge on any atom is 0.135 e. The van der Waals surface area contributed by atoms with Crippen molar-refractivity contribution in [3.63, 3.8) is 0 Å². The second kappa shape index (κ2) is 3.76. The van der Waals surface area contributed by atoms with Gasteiger partial charge in [0, 0.05) is 25.5 Å². The molecule has 0 atom stereocenters. The molecule has 1 rings (SSSR count). The molecule has 0 amide bonds. The Morgan fingerprint density at radius 3 is 2.92 bits per heavy atom. The van der Waals surface area contributed by atoms with Crippen molar-refractivity contribution in [2.24, 2.45) is 4.99 Å². The van der Waals surface area contributed by atoms with Gasteiger partial charge in [0.1, 0.15) is 11.2 Å². The maximum atomic E-state index is 5.05. The number of rotatable bonds is 2. The average Bonchev–Trinajstić information content (AvgIpc) is 2.16. The number of ether oxygens (including phenoxy) is 1. The molecule has 0 aromatic carbocycles. The Balaban J connectivity index is 3.30. The van der Waals surface area contributed by atoms with Gasteiger partial charge in [0.2, 0.25) is 0 Å². The lowest BCUT2D eigenvalue weighted by Gasteiger charge is -2.02. The Bertz CT molecular complexity index is 339. The summed E-state index contributed by atoms with van der Waals surface area (Å²) < 4.78 is 6.87. The summed E-state index contributed by atoms with van der Waals surface area (Å²) in [5.41, 5.74) is 0.823. The Morgan fingerprint density at radius 1 is 1.67 bits per heavy atom. The predicted octanol–water partition coefficient (Wildman–Crippen LogP) is 1.13. The number of nitrogens with zero attached hydrogens (tertiary/aromatic N) is 2. The lowest BCUT2D eigenvalue weighted by molar-refractivity contribution is 0.413. The van der Waals surface area contributed by atoms with Crippen LogP contribution in [-0.2, 0) is 0 Å². The SMILES string of the molecule is C=Cn1ccc(OC)cc1=NC. The van der Waals surface area contributed by atoms with E-state index in [-0.39, 0.29) is 0 Å². The van der Waals surface area contributed by atoms with Gasteiger partial charge >= 0.3 is 0 Å². The Hall–Kier alpha value is -1.51. The fraction of sp³-hybridized carbons (Fsp3) is 0.222. The van der Waals surface area contributed by atoms with Crippen LogP contribution >= 0.6 is 0 Å². The van der Waals surface area contributed by atoms with Crippen LogP contribution in [0.4, 0.5) is 0 Å². The molecule has 0 fully saturated rings. The van der Waals surface area contributed by atoms with Crippen LogP contribution in [0.2, 0.25) is 0 Å². The van der Waals surface area contributed by atoms with E-state index in [1.165, 1.54) is 0 Å². The highest BCUT2D eigenvalue weighted by molar-refractivity contribution is 5.24. The van der Waals surface area contributed by atoms with Crippen molar-refractivity contribution in [2.75, 3.05) is 14.2 Å². The van der Waals surface area contributed by atoms with Crippen LogP contribution in [0.3, 0.4) is 0 Å². The van der Waals surface area contributed by atoms with E-state index in [1.807, 2.05) is 22.9 Å². The molecular weight excluding hydrogens is 152 g/mol. The summed E-state index contributed by atoms with van der Waals surface area (Å²) in [6.45, 7) is 3.66. The Labute approximate surface area is 71.6 Å². The van der Waals surface area contributed by atoms with Gasteiger partial charge in [0.25, 0.3) is 0 Å². The second-order valence-corrected chi connectivity index (χ2v) is 2.24. The van der Waals surface area contributed by atoms with Crippen LogP contribution in [0.5, 0.6) is 5.75 Å². The Kier molecular flexibility index (Phi) is 2.69. The molecule has 1 aromatic heterocycles. The van der Waals surface area contributed by atoms with Crippen molar-refractivity contribution < 1.29 is 4.74 Å². The third-order valence-corrected chi connectivity index (χ3v) is 1.60. The van der Waals surface area contributed by atoms with Crippen molar-refractivity contribution in [1.29, 1.82) is 0 Å². The van der Waals surface area contributed by atoms with E-state index in [4.69, 9.17) is 4.74 Å². The quantitative estimate of drug-likeness (QED) is 0.643. The first-order valence-electron chi connectivity index (χ1n) is 3.63. The van der Waals surface area contributed by atoms with Crippen LogP contribution < -0.4 is 10.2 Å². The highest BCUT2D eigenvalue weighted by Crippen LogP contribution is 2.03. The second-order valence-electron chi connectivity index (χ2n) is 2.24. The van der Waals surface area contributed by atoms with E-state index < -0.39 is 0 Å². The van der Waals surface area contributed by atoms with Gasteiger partial charge in [0.15, 0.2) is 0 Å². The van der Waals surface area contributed by atoms with Gasteiger partial charge in [-0.1, -0.05) is 6.58 Å². The topological polar surface area (TPSA) is 26.5 Å². The van der Waals surface area contributed by atoms with Crippen LogP contribution in [0.15, 0.2) is 29.9 Å². The normalized spacial score (nSPS) is 11.3. The molecule has 64 valence electrons. The molecule has 3 heteroatoms. The van der Waals surface area contributed by atoms with E-state index in [2.05, 4.69) is 11.6 Å². The lowest BCUT2D eigenvalue weighted by atomic mass is 10.4. The monoisotopic (exact) mass is 164 g/mol. The smallest absolute Gasteiger partial charge is 0.135 e. The van der Waals surface area contributed by atoms with Gasteiger partial charge in [-0.2, -0.15) is 0 Å². The molecule has 0 saturated carbocycles. The molecule has 3 nitrogen and oxygen atoms in total. The molecule has 1 aromatic rings. The molecule has 12 heavy (non-hydrogen) atoms. The van der Waals surface area contributed by atoms with E-state index in [1.54, 1.807) is 20.4 Å². The first-order chi connectivity index (χ1) is 5.81. The molecule has 0 saturated heterocycles. The first kappa shape index (κ1) is 8.59. The highest BCUT2D eigenvalue weighted by Gasteiger charge is 1.91. The number of hydrogen-bond acceptors (Lipinski definition) is 2. The summed E-state index contributed by atoms with van der Waals surface area (Å²) in [5, 5.41) is 0. The average molecular weight is 164 g/mol. The summed E-state index contributed by atoms with van der Waals surface area (Å²) in [6, 6.07) is 3.71. The third-order valence-electron chi connectivity index (χ3n) is 1.60. The van der Waals surface area contributed by atoms with Gasteiger partial charge in [0.05, 0.1) is 7.11 Å². The molecule has 0 unspecified atom stereocenters. The minimum Gasteiger partial charge on any atom is -0.497 e. The zero-order valence-corrected chi connectivity index (χ0v) is 7.32. The summed E-state index contributed by atoms with van der Waals surface area (Å²) >= 11 is 0. The van der Waals surface area contributed by atoms with E-state index in [0.717, 1.165) is 11.2 Å². The number of hydrogen-bond donors (Lipinski definition) is 0. The van der Waals surface area contributed by atoms with Crippen LogP contribution in [0.25, 0.3) is 6.20 Å². The van der Waals surface area contributed by atoms with E-state index in [0.29, 0.717) is 0 Å². The lowest BCUT2D eigenvalue weighted by Crippen LogP contribution is -2.14. The van der Waals surface area contributed by atoms with Crippen LogP contribution in [0.1, 0.15) is 0 Å². The summed E-state index contributed by atoms with van der Waals surface area (Å²) in [4.78, 5) is 4.06. The zero-order valence-electron chi connectivity index (χ0n) is 7.32. The van der Waals surface area contributed by atoms with Crippen molar-refractivity contribution in [1.82, 2.24) is 4.57 Å². The fourth-order valence-corrected chi connectivity index (χ4v) is 0.941. The van der Waals surface area contributed by atoms with Gasteiger partial charge in [-0.05, 0) is 6.07 Å². The molecule has 0 bridgehead atoms. The number of methoxy groups -OCH3 is 1. The number of pyridine rings is 1. The predicted molar refractivity (Wildman–Crippen MR) is 48.9 cm³/mol. The van der Waals surface area contributed by atoms with Crippen molar-refractivity contribution in [2.45, 2.75) is 0 Å². The molecule has 0 N–H and O–H groups in total. The minimum atomic E-state index is 0.800. The van der Waals surface area contributed by atoms with Crippen molar-refractivity contribution >= 4 is 6.20 Å². The van der Waals surface area contributed by atoms with Gasteiger partial charge in [-0.3, -0.25) is 4.99 Å². The van der Waals surface area contributed by atoms with Gasteiger partial charge < -0.3 is 9.30 Å². The molecule has 0 aliphatic rings. The van der Waals surface area contributed by atoms with Crippen LogP contribution in [0, 0.1) is 0 Å². The number of aromatic nitrogens is 1. The summed E-state index contributed by atoms with van der Waals surface area (Å²) in [7, 11) is 3.36. The molecule has 1 heterocycles. The van der Waals surface area contributed by atoms with E-state index in [9.17, 15) is 0 Å². The van der Waals surface area contributed by atoms with Crippen molar-refractivity contribution in [3.05, 3.63) is 30.4 Å². The summed E-state index contributed by atoms with van der Waals surface area (Å²) in [6.07, 6.45) is 3.55. The fourth-order valence-electron chi connectivity index (χ4n) is 0.941. The third kappa shape index (κ3) is 1.56. The van der Waals surface area contributed by atoms with Gasteiger partial charge in [-0.25, -0.2) is 0 Å². The molecule has 0 spiro atoms. The van der Waals surface area contributed by atoms with E-state index >= 15 is 0 Å². The molecule has 0 aliphatic heterocycles.